The largest absolute Gasteiger partial charge is 0.449 e. The maximum absolute atomic E-state index is 17.8. The number of alkyl halides is 5. The number of thioether (sulfide) groups is 1. The molecule has 5 aliphatic carbocycles. The number of carbonyl (C=O) groups excluding carboxylic acids is 4. The summed E-state index contributed by atoms with van der Waals surface area (Å²) in [4.78, 5) is 53.8. The average Bonchev–Trinajstić information content (AvgIpc) is 3.28. The Kier molecular flexibility index (Phi) is 9.11. The van der Waals surface area contributed by atoms with E-state index >= 15 is 8.78 Å². The molecule has 0 unspecified atom stereocenters. The molecular weight excluding hydrogens is 667 g/mol. The smallest absolute Gasteiger partial charge is 0.416 e. The minimum Gasteiger partial charge on any atom is -0.449 e. The van der Waals surface area contributed by atoms with Gasteiger partial charge in [0.25, 0.3) is 0 Å². The third-order valence-corrected chi connectivity index (χ3v) is 13.5. The number of rotatable bonds is 6. The van der Waals surface area contributed by atoms with Gasteiger partial charge in [0.15, 0.2) is 22.8 Å². The minimum atomic E-state index is -4.59. The summed E-state index contributed by atoms with van der Waals surface area (Å²) in [6, 6.07) is 3.64. The molecule has 0 heterocycles. The van der Waals surface area contributed by atoms with E-state index in [0.29, 0.717) is 24.6 Å². The van der Waals surface area contributed by atoms with Gasteiger partial charge < -0.3 is 9.84 Å². The van der Waals surface area contributed by atoms with Crippen molar-refractivity contribution in [2.75, 3.05) is 5.75 Å². The van der Waals surface area contributed by atoms with Gasteiger partial charge in [0.2, 0.25) is 5.12 Å². The van der Waals surface area contributed by atoms with Crippen molar-refractivity contribution >= 4 is 34.4 Å². The fraction of sp³-hybridized carbons (Fsp3) is 0.622. The van der Waals surface area contributed by atoms with Crippen molar-refractivity contribution < 1.29 is 51.0 Å². The molecule has 0 bridgehead atoms. The second kappa shape index (κ2) is 12.4. The number of benzene rings is 1. The third-order valence-electron chi connectivity index (χ3n) is 12.5. The van der Waals surface area contributed by atoms with Crippen molar-refractivity contribution in [3.63, 3.8) is 0 Å². The summed E-state index contributed by atoms with van der Waals surface area (Å²) in [5.74, 6) is -5.15. The standard InChI is InChI=1S/C37H41F5O6S/c1-20-15-25-26-17-28(38)27-16-24(43)13-14-33(27,2)35(26,39)30(45)18-34(25,3)36(20,48-31(46)22-7-5-4-6-8-22)32(47)49-19-29(44)21-9-11-23(12-10-21)37(40,41)42/h9-14,16,20,22,25-26,28,30,45H,4-8,15,17-19H2,1-3H3/t20-,25+,26+,28+,30+,33+,34+,35+,36+/m1/s1. The first-order valence-corrected chi connectivity index (χ1v) is 18.0. The number of fused-ring (bicyclic) bond motifs is 5. The van der Waals surface area contributed by atoms with Gasteiger partial charge in [-0.1, -0.05) is 63.1 Å². The molecule has 0 saturated heterocycles. The van der Waals surface area contributed by atoms with Crippen molar-refractivity contribution in [1.29, 1.82) is 0 Å². The van der Waals surface area contributed by atoms with Crippen molar-refractivity contribution in [1.82, 2.24) is 0 Å². The maximum Gasteiger partial charge on any atom is 0.416 e. The summed E-state index contributed by atoms with van der Waals surface area (Å²) >= 11 is 0.585. The van der Waals surface area contributed by atoms with E-state index in [2.05, 4.69) is 0 Å². The monoisotopic (exact) mass is 708 g/mol. The Bertz CT molecular complexity index is 1600. The molecule has 0 aromatic heterocycles. The zero-order chi connectivity index (χ0) is 35.7. The molecule has 4 saturated carbocycles. The van der Waals surface area contributed by atoms with Crippen LogP contribution in [0.5, 0.6) is 0 Å². The molecule has 6 nitrogen and oxygen atoms in total. The van der Waals surface area contributed by atoms with Crippen LogP contribution in [0.3, 0.4) is 0 Å². The SMILES string of the molecule is C[C@@H]1C[C@H]2[C@@H]3C[C@H](F)C4=CC(=O)C=C[C@]4(C)[C@@]3(F)[C@@H](O)C[C@]2(C)[C@@]1(OC(=O)C1CCCCC1)C(=O)SCC(=O)c1ccc(C(F)(F)F)cc1. The van der Waals surface area contributed by atoms with Crippen molar-refractivity contribution in [3.8, 4) is 0 Å². The topological polar surface area (TPSA) is 97.7 Å². The Morgan fingerprint density at radius 2 is 1.67 bits per heavy atom. The first-order valence-electron chi connectivity index (χ1n) is 17.0. The second-order valence-electron chi connectivity index (χ2n) is 15.1. The van der Waals surface area contributed by atoms with Crippen LogP contribution in [-0.4, -0.2) is 57.1 Å². The molecular formula is C37H41F5O6S. The first kappa shape index (κ1) is 35.9. The molecule has 6 rings (SSSR count). The zero-order valence-electron chi connectivity index (χ0n) is 27.7. The molecule has 5 aliphatic rings. The number of Topliss-reactive ketones (excluding diaryl/α,β-unsaturated/α-hetero) is 1. The van der Waals surface area contributed by atoms with Crippen molar-refractivity contribution in [2.45, 2.75) is 102 Å². The fourth-order valence-electron chi connectivity index (χ4n) is 9.96. The van der Waals surface area contributed by atoms with Crippen LogP contribution in [0.15, 0.2) is 48.1 Å². The molecule has 0 spiro atoms. The molecule has 12 heteroatoms. The highest BCUT2D eigenvalue weighted by Gasteiger charge is 2.78. The van der Waals surface area contributed by atoms with E-state index in [-0.39, 0.29) is 30.4 Å². The van der Waals surface area contributed by atoms with Crippen LogP contribution in [0.1, 0.15) is 88.1 Å². The lowest BCUT2D eigenvalue weighted by atomic mass is 9.44. The van der Waals surface area contributed by atoms with Crippen LogP contribution in [0.4, 0.5) is 22.0 Å². The number of allylic oxidation sites excluding steroid dienone is 4. The first-order chi connectivity index (χ1) is 22.9. The van der Waals surface area contributed by atoms with E-state index in [1.165, 1.54) is 19.1 Å². The summed E-state index contributed by atoms with van der Waals surface area (Å²) in [6.45, 7) is 4.87. The molecule has 1 aromatic rings. The van der Waals surface area contributed by atoms with E-state index in [4.69, 9.17) is 4.74 Å². The van der Waals surface area contributed by atoms with E-state index < -0.39 is 98.2 Å². The highest BCUT2D eigenvalue weighted by molar-refractivity contribution is 8.14. The fourth-order valence-corrected chi connectivity index (χ4v) is 11.1. The number of ether oxygens (including phenoxy) is 1. The molecule has 266 valence electrons. The van der Waals surface area contributed by atoms with Gasteiger partial charge in [-0.25, -0.2) is 8.78 Å². The van der Waals surface area contributed by atoms with Gasteiger partial charge >= 0.3 is 12.1 Å². The van der Waals surface area contributed by atoms with Gasteiger partial charge in [0, 0.05) is 28.2 Å². The predicted molar refractivity (Wildman–Crippen MR) is 172 cm³/mol. The van der Waals surface area contributed by atoms with E-state index in [0.717, 1.165) is 49.6 Å². The summed E-state index contributed by atoms with van der Waals surface area (Å²) in [5.41, 5.74) is -8.32. The number of esters is 1. The summed E-state index contributed by atoms with van der Waals surface area (Å²) < 4.78 is 79.4. The molecule has 49 heavy (non-hydrogen) atoms. The molecule has 1 aromatic carbocycles. The van der Waals surface area contributed by atoms with Gasteiger partial charge in [-0.2, -0.15) is 13.2 Å². The number of hydrogen-bond acceptors (Lipinski definition) is 7. The second-order valence-corrected chi connectivity index (χ2v) is 16.0. The van der Waals surface area contributed by atoms with Crippen LogP contribution in [0, 0.1) is 34.5 Å². The summed E-state index contributed by atoms with van der Waals surface area (Å²) in [6.07, 6.45) is -1.18. The van der Waals surface area contributed by atoms with Crippen LogP contribution in [-0.2, 0) is 25.3 Å². The molecule has 4 fully saturated rings. The number of aliphatic hydroxyl groups is 1. The Balaban J connectivity index is 1.36. The highest BCUT2D eigenvalue weighted by atomic mass is 32.2. The molecule has 0 radical (unpaired) electrons. The lowest BCUT2D eigenvalue weighted by Gasteiger charge is -2.63. The zero-order valence-corrected chi connectivity index (χ0v) is 28.5. The van der Waals surface area contributed by atoms with Crippen LogP contribution in [0.2, 0.25) is 0 Å². The van der Waals surface area contributed by atoms with Crippen LogP contribution in [0.25, 0.3) is 0 Å². The average molecular weight is 709 g/mol. The van der Waals surface area contributed by atoms with E-state index in [9.17, 15) is 37.5 Å². The quantitative estimate of drug-likeness (QED) is 0.185. The maximum atomic E-state index is 17.8. The number of ketones is 2. The lowest BCUT2D eigenvalue weighted by molar-refractivity contribution is -0.230. The Hall–Kier alpha value is -2.86. The van der Waals surface area contributed by atoms with Gasteiger partial charge in [-0.3, -0.25) is 19.2 Å². The van der Waals surface area contributed by atoms with E-state index in [1.54, 1.807) is 13.8 Å². The number of halogens is 5. The summed E-state index contributed by atoms with van der Waals surface area (Å²) in [5, 5.41) is 11.2. The number of carbonyl (C=O) groups is 4. The van der Waals surface area contributed by atoms with E-state index in [1.807, 2.05) is 0 Å². The molecule has 1 N–H and O–H groups in total. The molecule has 9 atom stereocenters. The lowest BCUT2D eigenvalue weighted by Crippen LogP contribution is -2.70. The van der Waals surface area contributed by atoms with Crippen molar-refractivity contribution in [3.05, 3.63) is 59.2 Å². The third kappa shape index (κ3) is 5.45. The Labute approximate surface area is 286 Å². The predicted octanol–water partition coefficient (Wildman–Crippen LogP) is 7.58. The normalized spacial score (nSPS) is 39.0. The van der Waals surface area contributed by atoms with Crippen LogP contribution < -0.4 is 0 Å². The highest BCUT2D eigenvalue weighted by Crippen LogP contribution is 2.72. The van der Waals surface area contributed by atoms with Gasteiger partial charge in [0.1, 0.15) is 6.17 Å². The number of hydrogen-bond donors (Lipinski definition) is 1. The van der Waals surface area contributed by atoms with Gasteiger partial charge in [0.05, 0.1) is 23.3 Å². The van der Waals surface area contributed by atoms with Crippen molar-refractivity contribution in [2.24, 2.45) is 34.5 Å². The van der Waals surface area contributed by atoms with Crippen LogP contribution >= 0.6 is 11.8 Å². The molecule has 0 aliphatic heterocycles. The minimum absolute atomic E-state index is 0.0316. The summed E-state index contributed by atoms with van der Waals surface area (Å²) in [7, 11) is 0. The number of aliphatic hydroxyl groups excluding tert-OH is 1. The molecule has 0 amide bonds. The van der Waals surface area contributed by atoms with Gasteiger partial charge in [-0.05, 0) is 74.8 Å². The Morgan fingerprint density at radius 3 is 2.31 bits per heavy atom. The Morgan fingerprint density at radius 1 is 1.02 bits per heavy atom. The van der Waals surface area contributed by atoms with Gasteiger partial charge in [-0.15, -0.1) is 0 Å².